The van der Waals surface area contributed by atoms with Crippen LogP contribution in [-0.2, 0) is 17.8 Å². The van der Waals surface area contributed by atoms with Crippen LogP contribution in [0, 0.1) is 0 Å². The Morgan fingerprint density at radius 1 is 1.24 bits per heavy atom. The van der Waals surface area contributed by atoms with E-state index in [0.29, 0.717) is 28.9 Å². The maximum absolute atomic E-state index is 12.3. The Bertz CT molecular complexity index is 725. The summed E-state index contributed by atoms with van der Waals surface area (Å²) in [6.07, 6.45) is 0.352. The maximum atomic E-state index is 12.3. The highest BCUT2D eigenvalue weighted by molar-refractivity contribution is 6.07. The number of carbonyl (C=O) groups excluding carboxylic acids is 2. The van der Waals surface area contributed by atoms with Crippen LogP contribution in [0.5, 0.6) is 0 Å². The van der Waals surface area contributed by atoms with E-state index in [1.54, 1.807) is 42.5 Å². The van der Waals surface area contributed by atoms with E-state index in [0.717, 1.165) is 5.56 Å². The van der Waals surface area contributed by atoms with E-state index in [9.17, 15) is 14.7 Å². The summed E-state index contributed by atoms with van der Waals surface area (Å²) >= 11 is 0. The summed E-state index contributed by atoms with van der Waals surface area (Å²) in [7, 11) is 0. The zero-order valence-electron chi connectivity index (χ0n) is 11.2. The lowest BCUT2D eigenvalue weighted by atomic mass is 10.1. The predicted octanol–water partition coefficient (Wildman–Crippen LogP) is 1.93. The summed E-state index contributed by atoms with van der Waals surface area (Å²) in [6.45, 7) is -0.142. The number of amides is 2. The maximum Gasteiger partial charge on any atom is 0.255 e. The third-order valence-electron chi connectivity index (χ3n) is 3.43. The molecule has 1 aliphatic heterocycles. The van der Waals surface area contributed by atoms with E-state index in [1.165, 1.54) is 0 Å². The molecule has 5 nitrogen and oxygen atoms in total. The Morgan fingerprint density at radius 3 is 2.86 bits per heavy atom. The molecule has 0 radical (unpaired) electrons. The number of anilines is 2. The second-order valence-electron chi connectivity index (χ2n) is 4.87. The lowest BCUT2D eigenvalue weighted by molar-refractivity contribution is -0.115. The van der Waals surface area contributed by atoms with Gasteiger partial charge >= 0.3 is 0 Å². The van der Waals surface area contributed by atoms with Crippen molar-refractivity contribution in [2.24, 2.45) is 0 Å². The quantitative estimate of drug-likeness (QED) is 0.805. The van der Waals surface area contributed by atoms with E-state index in [2.05, 4.69) is 10.6 Å². The smallest absolute Gasteiger partial charge is 0.255 e. The second-order valence-corrected chi connectivity index (χ2v) is 4.87. The Kier molecular flexibility index (Phi) is 3.41. The normalized spacial score (nSPS) is 12.7. The van der Waals surface area contributed by atoms with Gasteiger partial charge in [0, 0.05) is 22.5 Å². The molecule has 5 heteroatoms. The first kappa shape index (κ1) is 13.3. The van der Waals surface area contributed by atoms with Crippen molar-refractivity contribution in [1.29, 1.82) is 0 Å². The Labute approximate surface area is 121 Å². The summed E-state index contributed by atoms with van der Waals surface area (Å²) in [5.74, 6) is -0.340. The van der Waals surface area contributed by atoms with Gasteiger partial charge in [-0.15, -0.1) is 0 Å². The molecule has 0 unspecified atom stereocenters. The fourth-order valence-corrected chi connectivity index (χ4v) is 2.33. The van der Waals surface area contributed by atoms with Gasteiger partial charge in [-0.2, -0.15) is 0 Å². The highest BCUT2D eigenvalue weighted by Crippen LogP contribution is 2.25. The first-order valence-electron chi connectivity index (χ1n) is 6.60. The molecular formula is C16H14N2O3. The number of hydrogen-bond donors (Lipinski definition) is 3. The average molecular weight is 282 g/mol. The van der Waals surface area contributed by atoms with E-state index in [4.69, 9.17) is 0 Å². The van der Waals surface area contributed by atoms with E-state index >= 15 is 0 Å². The molecule has 1 heterocycles. The van der Waals surface area contributed by atoms with Crippen molar-refractivity contribution in [2.75, 3.05) is 10.6 Å². The lowest BCUT2D eigenvalue weighted by Crippen LogP contribution is -2.13. The molecule has 0 bridgehead atoms. The van der Waals surface area contributed by atoms with Crippen LogP contribution in [0.15, 0.2) is 42.5 Å². The highest BCUT2D eigenvalue weighted by Gasteiger charge is 2.19. The molecule has 0 saturated carbocycles. The summed E-state index contributed by atoms with van der Waals surface area (Å²) in [5.41, 5.74) is 3.27. The molecule has 0 atom stereocenters. The van der Waals surface area contributed by atoms with Gasteiger partial charge in [0.25, 0.3) is 5.91 Å². The van der Waals surface area contributed by atoms with Gasteiger partial charge in [0.15, 0.2) is 0 Å². The van der Waals surface area contributed by atoms with Crippen LogP contribution in [0.3, 0.4) is 0 Å². The SMILES string of the molecule is O=C1Cc2ccc(C(=O)Nc3ccccc3CO)cc2N1. The summed E-state index contributed by atoms with van der Waals surface area (Å²) in [4.78, 5) is 23.6. The number of para-hydroxylation sites is 1. The predicted molar refractivity (Wildman–Crippen MR) is 79.1 cm³/mol. The molecule has 2 aromatic rings. The van der Waals surface area contributed by atoms with Crippen LogP contribution in [0.2, 0.25) is 0 Å². The zero-order chi connectivity index (χ0) is 14.8. The minimum atomic E-state index is -0.278. The molecule has 0 aliphatic carbocycles. The number of rotatable bonds is 3. The Morgan fingerprint density at radius 2 is 2.05 bits per heavy atom. The summed E-state index contributed by atoms with van der Waals surface area (Å²) in [6, 6.07) is 12.2. The van der Waals surface area contributed by atoms with Gasteiger partial charge in [-0.1, -0.05) is 24.3 Å². The van der Waals surface area contributed by atoms with Crippen LogP contribution >= 0.6 is 0 Å². The van der Waals surface area contributed by atoms with Crippen molar-refractivity contribution in [3.8, 4) is 0 Å². The molecule has 3 rings (SSSR count). The molecule has 0 spiro atoms. The van der Waals surface area contributed by atoms with Gasteiger partial charge in [-0.25, -0.2) is 0 Å². The van der Waals surface area contributed by atoms with Gasteiger partial charge in [0.05, 0.1) is 13.0 Å². The summed E-state index contributed by atoms with van der Waals surface area (Å²) in [5, 5.41) is 14.7. The third-order valence-corrected chi connectivity index (χ3v) is 3.43. The standard InChI is InChI=1S/C16H14N2O3/c19-9-12-3-1-2-4-13(12)18-16(21)11-6-5-10-8-15(20)17-14(10)7-11/h1-7,19H,8-9H2,(H,17,20)(H,18,21). The van der Waals surface area contributed by atoms with Gasteiger partial charge in [-0.3, -0.25) is 9.59 Å². The minimum Gasteiger partial charge on any atom is -0.392 e. The first-order chi connectivity index (χ1) is 10.2. The van der Waals surface area contributed by atoms with Gasteiger partial charge in [0.1, 0.15) is 0 Å². The molecule has 0 fully saturated rings. The molecular weight excluding hydrogens is 268 g/mol. The molecule has 0 saturated heterocycles. The number of aliphatic hydroxyl groups excluding tert-OH is 1. The van der Waals surface area contributed by atoms with Crippen molar-refractivity contribution in [1.82, 2.24) is 0 Å². The number of fused-ring (bicyclic) bond motifs is 1. The van der Waals surface area contributed by atoms with Crippen LogP contribution in [-0.4, -0.2) is 16.9 Å². The number of nitrogens with one attached hydrogen (secondary N) is 2. The van der Waals surface area contributed by atoms with Crippen LogP contribution in [0.4, 0.5) is 11.4 Å². The third kappa shape index (κ3) is 2.64. The Hall–Kier alpha value is -2.66. The van der Waals surface area contributed by atoms with Crippen molar-refractivity contribution in [3.63, 3.8) is 0 Å². The molecule has 3 N–H and O–H groups in total. The molecule has 0 aromatic heterocycles. The van der Waals surface area contributed by atoms with E-state index in [1.807, 2.05) is 0 Å². The fraction of sp³-hybridized carbons (Fsp3) is 0.125. The molecule has 1 aliphatic rings. The highest BCUT2D eigenvalue weighted by atomic mass is 16.3. The second kappa shape index (κ2) is 5.38. The van der Waals surface area contributed by atoms with Crippen molar-refractivity contribution in [3.05, 3.63) is 59.2 Å². The lowest BCUT2D eigenvalue weighted by Gasteiger charge is -2.10. The zero-order valence-corrected chi connectivity index (χ0v) is 11.2. The number of carbonyl (C=O) groups is 2. The molecule has 2 aromatic carbocycles. The minimum absolute atomic E-state index is 0.0619. The molecule has 2 amide bonds. The number of hydrogen-bond acceptors (Lipinski definition) is 3. The van der Waals surface area contributed by atoms with Gasteiger partial charge in [0.2, 0.25) is 5.91 Å². The number of aliphatic hydroxyl groups is 1. The van der Waals surface area contributed by atoms with Crippen LogP contribution < -0.4 is 10.6 Å². The van der Waals surface area contributed by atoms with E-state index in [-0.39, 0.29) is 18.4 Å². The monoisotopic (exact) mass is 282 g/mol. The number of benzene rings is 2. The van der Waals surface area contributed by atoms with E-state index < -0.39 is 0 Å². The summed E-state index contributed by atoms with van der Waals surface area (Å²) < 4.78 is 0. The molecule has 106 valence electrons. The van der Waals surface area contributed by atoms with Crippen molar-refractivity contribution >= 4 is 23.2 Å². The van der Waals surface area contributed by atoms with Gasteiger partial charge in [-0.05, 0) is 23.8 Å². The fourth-order valence-electron chi connectivity index (χ4n) is 2.33. The van der Waals surface area contributed by atoms with Crippen molar-refractivity contribution < 1.29 is 14.7 Å². The van der Waals surface area contributed by atoms with Crippen LogP contribution in [0.25, 0.3) is 0 Å². The van der Waals surface area contributed by atoms with Gasteiger partial charge < -0.3 is 15.7 Å². The largest absolute Gasteiger partial charge is 0.392 e. The first-order valence-corrected chi connectivity index (χ1v) is 6.60. The molecule has 21 heavy (non-hydrogen) atoms. The average Bonchev–Trinajstić information content (AvgIpc) is 2.86. The van der Waals surface area contributed by atoms with Crippen molar-refractivity contribution in [2.45, 2.75) is 13.0 Å². The van der Waals surface area contributed by atoms with Crippen LogP contribution in [0.1, 0.15) is 21.5 Å². The Balaban J connectivity index is 1.83. The topological polar surface area (TPSA) is 78.4 Å².